The molecule has 8 nitrogen and oxygen atoms in total. The summed E-state index contributed by atoms with van der Waals surface area (Å²) in [4.78, 5) is 35.7. The number of rotatable bonds is 2. The number of carbonyl (C=O) groups is 2. The van der Waals surface area contributed by atoms with Crippen LogP contribution in [0.15, 0.2) is 18.3 Å². The van der Waals surface area contributed by atoms with E-state index in [4.69, 9.17) is 4.74 Å². The molecule has 25 heavy (non-hydrogen) atoms. The summed E-state index contributed by atoms with van der Waals surface area (Å²) in [7, 11) is 0. The third kappa shape index (κ3) is 3.19. The highest BCUT2D eigenvalue weighted by Gasteiger charge is 2.37. The van der Waals surface area contributed by atoms with Crippen molar-refractivity contribution in [3.8, 4) is 0 Å². The van der Waals surface area contributed by atoms with Crippen molar-refractivity contribution < 1.29 is 14.3 Å². The molecule has 1 atom stereocenters. The van der Waals surface area contributed by atoms with E-state index in [9.17, 15) is 9.59 Å². The van der Waals surface area contributed by atoms with E-state index in [1.165, 1.54) is 0 Å². The average molecular weight is 345 g/mol. The molecule has 3 saturated heterocycles. The van der Waals surface area contributed by atoms with Gasteiger partial charge in [0.15, 0.2) is 0 Å². The van der Waals surface area contributed by atoms with Crippen molar-refractivity contribution in [2.75, 3.05) is 63.9 Å². The molecule has 134 valence electrons. The summed E-state index contributed by atoms with van der Waals surface area (Å²) in [6, 6.07) is 3.38. The average Bonchev–Trinajstić information content (AvgIpc) is 2.68. The maximum absolute atomic E-state index is 13.1. The summed E-state index contributed by atoms with van der Waals surface area (Å²) in [5.74, 6) is 0.683. The molecule has 3 aliphatic heterocycles. The molecule has 0 spiro atoms. The zero-order valence-electron chi connectivity index (χ0n) is 14.2. The van der Waals surface area contributed by atoms with Crippen molar-refractivity contribution >= 4 is 17.6 Å². The molecule has 0 aliphatic carbocycles. The predicted octanol–water partition coefficient (Wildman–Crippen LogP) is -0.826. The largest absolute Gasteiger partial charge is 0.378 e. The number of ether oxygens (including phenoxy) is 1. The molecule has 8 heteroatoms. The highest BCUT2D eigenvalue weighted by Crippen LogP contribution is 2.22. The Hall–Kier alpha value is -2.19. The number of nitrogens with one attached hydrogen (secondary N) is 1. The van der Waals surface area contributed by atoms with Gasteiger partial charge in [0.05, 0.1) is 18.8 Å². The van der Waals surface area contributed by atoms with Crippen LogP contribution in [-0.2, 0) is 9.53 Å². The topological polar surface area (TPSA) is 78.0 Å². The minimum Gasteiger partial charge on any atom is -0.378 e. The van der Waals surface area contributed by atoms with Gasteiger partial charge in [-0.2, -0.15) is 0 Å². The minimum atomic E-state index is -0.241. The van der Waals surface area contributed by atoms with Gasteiger partial charge in [0, 0.05) is 52.0 Å². The highest BCUT2D eigenvalue weighted by atomic mass is 16.5. The van der Waals surface area contributed by atoms with E-state index >= 15 is 0 Å². The molecule has 3 fully saturated rings. The van der Waals surface area contributed by atoms with Crippen LogP contribution in [0.5, 0.6) is 0 Å². The number of morpholine rings is 1. The van der Waals surface area contributed by atoms with Crippen LogP contribution < -0.4 is 10.2 Å². The van der Waals surface area contributed by atoms with Crippen LogP contribution in [0.3, 0.4) is 0 Å². The first-order chi connectivity index (χ1) is 12.2. The second kappa shape index (κ2) is 6.97. The highest BCUT2D eigenvalue weighted by molar-refractivity contribution is 5.99. The summed E-state index contributed by atoms with van der Waals surface area (Å²) >= 11 is 0. The summed E-state index contributed by atoms with van der Waals surface area (Å²) in [6.45, 7) is 6.10. The number of pyridine rings is 1. The minimum absolute atomic E-state index is 0.0170. The van der Waals surface area contributed by atoms with Gasteiger partial charge < -0.3 is 19.9 Å². The van der Waals surface area contributed by atoms with Crippen LogP contribution in [0.1, 0.15) is 10.4 Å². The monoisotopic (exact) mass is 345 g/mol. The molecule has 2 amide bonds. The van der Waals surface area contributed by atoms with Gasteiger partial charge in [-0.3, -0.25) is 14.5 Å². The SMILES string of the molecule is O=C1NCCN2CCN(C(=O)c3cccnc3N3CCOCC3)CC12. The van der Waals surface area contributed by atoms with E-state index in [1.807, 2.05) is 6.07 Å². The van der Waals surface area contributed by atoms with Gasteiger partial charge in [-0.15, -0.1) is 0 Å². The van der Waals surface area contributed by atoms with Crippen molar-refractivity contribution in [1.82, 2.24) is 20.1 Å². The Kier molecular flexibility index (Phi) is 4.54. The summed E-state index contributed by atoms with van der Waals surface area (Å²) in [5, 5.41) is 2.89. The molecular formula is C17H23N5O3. The first kappa shape index (κ1) is 16.3. The molecule has 0 saturated carbocycles. The molecule has 1 N–H and O–H groups in total. The second-order valence-electron chi connectivity index (χ2n) is 6.57. The second-order valence-corrected chi connectivity index (χ2v) is 6.57. The van der Waals surface area contributed by atoms with Gasteiger partial charge in [-0.1, -0.05) is 0 Å². The fraction of sp³-hybridized carbons (Fsp3) is 0.588. The number of hydrogen-bond donors (Lipinski definition) is 1. The molecule has 0 radical (unpaired) electrons. The molecule has 4 rings (SSSR count). The third-order valence-electron chi connectivity index (χ3n) is 5.11. The predicted molar refractivity (Wildman–Crippen MR) is 91.5 cm³/mol. The van der Waals surface area contributed by atoms with Crippen molar-refractivity contribution in [3.63, 3.8) is 0 Å². The van der Waals surface area contributed by atoms with Gasteiger partial charge in [-0.25, -0.2) is 4.98 Å². The molecule has 3 aliphatic rings. The van der Waals surface area contributed by atoms with Crippen molar-refractivity contribution in [1.29, 1.82) is 0 Å². The number of aromatic nitrogens is 1. The quantitative estimate of drug-likeness (QED) is 0.754. The normalized spacial score (nSPS) is 24.6. The van der Waals surface area contributed by atoms with Crippen LogP contribution in [0.4, 0.5) is 5.82 Å². The fourth-order valence-corrected chi connectivity index (χ4v) is 3.72. The van der Waals surface area contributed by atoms with Crippen LogP contribution in [0.2, 0.25) is 0 Å². The summed E-state index contributed by atoms with van der Waals surface area (Å²) in [5.41, 5.74) is 0.606. The molecule has 1 aromatic rings. The zero-order chi connectivity index (χ0) is 17.2. The van der Waals surface area contributed by atoms with Crippen LogP contribution in [-0.4, -0.2) is 91.7 Å². The Labute approximate surface area is 146 Å². The Bertz CT molecular complexity index is 661. The maximum atomic E-state index is 13.1. The molecule has 0 aromatic carbocycles. The number of nitrogens with zero attached hydrogens (tertiary/aromatic N) is 4. The lowest BCUT2D eigenvalue weighted by molar-refractivity contribution is -0.131. The van der Waals surface area contributed by atoms with Crippen LogP contribution in [0, 0.1) is 0 Å². The molecule has 1 unspecified atom stereocenters. The fourth-order valence-electron chi connectivity index (χ4n) is 3.72. The van der Waals surface area contributed by atoms with E-state index in [-0.39, 0.29) is 17.9 Å². The summed E-state index contributed by atoms with van der Waals surface area (Å²) < 4.78 is 5.39. The molecular weight excluding hydrogens is 322 g/mol. The van der Waals surface area contributed by atoms with Crippen molar-refractivity contribution in [3.05, 3.63) is 23.9 Å². The first-order valence-corrected chi connectivity index (χ1v) is 8.83. The van der Waals surface area contributed by atoms with E-state index in [1.54, 1.807) is 17.2 Å². The lowest BCUT2D eigenvalue weighted by atomic mass is 10.1. The number of carbonyl (C=O) groups excluding carboxylic acids is 2. The number of amides is 2. The van der Waals surface area contributed by atoms with Gasteiger partial charge in [-0.05, 0) is 12.1 Å². The molecule has 0 bridgehead atoms. The number of piperazine rings is 2. The lowest BCUT2D eigenvalue weighted by Gasteiger charge is -2.43. The molecule has 1 aromatic heterocycles. The number of hydrogen-bond acceptors (Lipinski definition) is 6. The van der Waals surface area contributed by atoms with Gasteiger partial charge in [0.1, 0.15) is 11.9 Å². The van der Waals surface area contributed by atoms with Crippen molar-refractivity contribution in [2.45, 2.75) is 6.04 Å². The van der Waals surface area contributed by atoms with Crippen LogP contribution in [0.25, 0.3) is 0 Å². The van der Waals surface area contributed by atoms with Gasteiger partial charge in [0.25, 0.3) is 5.91 Å². The Morgan fingerprint density at radius 2 is 2.04 bits per heavy atom. The zero-order valence-corrected chi connectivity index (χ0v) is 14.2. The lowest BCUT2D eigenvalue weighted by Crippen LogP contribution is -2.64. The first-order valence-electron chi connectivity index (χ1n) is 8.83. The molecule has 4 heterocycles. The Morgan fingerprint density at radius 3 is 2.88 bits per heavy atom. The Balaban J connectivity index is 1.54. The standard InChI is InChI=1S/C17H23N5O3/c23-16-14-12-22(7-6-20(14)5-4-19-16)17(24)13-2-1-3-18-15(13)21-8-10-25-11-9-21/h1-3,14H,4-12H2,(H,19,23). The smallest absolute Gasteiger partial charge is 0.257 e. The summed E-state index contributed by atoms with van der Waals surface area (Å²) in [6.07, 6.45) is 1.72. The maximum Gasteiger partial charge on any atom is 0.257 e. The van der Waals surface area contributed by atoms with Gasteiger partial charge in [0.2, 0.25) is 5.91 Å². The van der Waals surface area contributed by atoms with Crippen molar-refractivity contribution in [2.24, 2.45) is 0 Å². The third-order valence-corrected chi connectivity index (χ3v) is 5.11. The Morgan fingerprint density at radius 1 is 1.20 bits per heavy atom. The van der Waals surface area contributed by atoms with Crippen LogP contribution >= 0.6 is 0 Å². The van der Waals surface area contributed by atoms with E-state index in [0.29, 0.717) is 44.2 Å². The van der Waals surface area contributed by atoms with Gasteiger partial charge >= 0.3 is 0 Å². The number of fused-ring (bicyclic) bond motifs is 1. The van der Waals surface area contributed by atoms with E-state index in [0.717, 1.165) is 26.2 Å². The number of anilines is 1. The van der Waals surface area contributed by atoms with E-state index in [2.05, 4.69) is 20.1 Å². The van der Waals surface area contributed by atoms with E-state index < -0.39 is 0 Å².